The molecule has 0 radical (unpaired) electrons. The summed E-state index contributed by atoms with van der Waals surface area (Å²) in [6, 6.07) is 12.8. The summed E-state index contributed by atoms with van der Waals surface area (Å²) in [5, 5.41) is 19.4. The number of furan rings is 1. The van der Waals surface area contributed by atoms with Gasteiger partial charge in [-0.3, -0.25) is 0 Å². The van der Waals surface area contributed by atoms with Crippen LogP contribution in [0.2, 0.25) is 0 Å². The Morgan fingerprint density at radius 1 is 0.941 bits per heavy atom. The standard InChI is InChI=1S/C12H9BO4/c14-13(15)17-8-5-6-12-10(7-8)9-3-1-2-4-11(9)16-12/h1-7,14-15H. The van der Waals surface area contributed by atoms with Gasteiger partial charge in [-0.25, -0.2) is 0 Å². The van der Waals surface area contributed by atoms with Crippen LogP contribution in [-0.2, 0) is 0 Å². The van der Waals surface area contributed by atoms with E-state index in [9.17, 15) is 0 Å². The van der Waals surface area contributed by atoms with Gasteiger partial charge in [-0.15, -0.1) is 0 Å². The van der Waals surface area contributed by atoms with E-state index in [0.29, 0.717) is 5.75 Å². The van der Waals surface area contributed by atoms with E-state index in [2.05, 4.69) is 0 Å². The van der Waals surface area contributed by atoms with Crippen molar-refractivity contribution in [3.05, 3.63) is 42.5 Å². The summed E-state index contributed by atoms with van der Waals surface area (Å²) in [5.74, 6) is 0.388. The van der Waals surface area contributed by atoms with Crippen molar-refractivity contribution >= 4 is 29.3 Å². The molecule has 3 aromatic rings. The molecule has 2 aromatic carbocycles. The molecule has 5 heteroatoms. The van der Waals surface area contributed by atoms with Gasteiger partial charge in [0, 0.05) is 10.8 Å². The first-order valence-corrected chi connectivity index (χ1v) is 5.18. The lowest BCUT2D eigenvalue weighted by Gasteiger charge is -2.03. The maximum Gasteiger partial charge on any atom is 0.707 e. The number of hydrogen-bond donors (Lipinski definition) is 2. The molecule has 4 nitrogen and oxygen atoms in total. The van der Waals surface area contributed by atoms with Gasteiger partial charge in [-0.05, 0) is 24.3 Å². The van der Waals surface area contributed by atoms with E-state index in [1.807, 2.05) is 24.3 Å². The summed E-state index contributed by atoms with van der Waals surface area (Å²) >= 11 is 0. The van der Waals surface area contributed by atoms with Crippen LogP contribution in [0, 0.1) is 0 Å². The molecule has 0 fully saturated rings. The maximum absolute atomic E-state index is 8.75. The molecular weight excluding hydrogens is 219 g/mol. The lowest BCUT2D eigenvalue weighted by Crippen LogP contribution is -2.20. The van der Waals surface area contributed by atoms with Gasteiger partial charge < -0.3 is 19.1 Å². The molecule has 0 aliphatic carbocycles. The lowest BCUT2D eigenvalue weighted by atomic mass is 10.1. The van der Waals surface area contributed by atoms with E-state index in [1.165, 1.54) is 0 Å². The second-order valence-corrected chi connectivity index (χ2v) is 3.70. The van der Waals surface area contributed by atoms with Crippen molar-refractivity contribution in [3.63, 3.8) is 0 Å². The van der Waals surface area contributed by atoms with Crippen LogP contribution < -0.4 is 4.65 Å². The zero-order valence-corrected chi connectivity index (χ0v) is 8.83. The Morgan fingerprint density at radius 3 is 2.53 bits per heavy atom. The summed E-state index contributed by atoms with van der Waals surface area (Å²) in [4.78, 5) is 0. The summed E-state index contributed by atoms with van der Waals surface area (Å²) in [6.07, 6.45) is 0. The molecular formula is C12H9BO4. The highest BCUT2D eigenvalue weighted by atomic mass is 16.6. The molecule has 0 amide bonds. The van der Waals surface area contributed by atoms with E-state index < -0.39 is 7.32 Å². The molecule has 84 valence electrons. The number of rotatable bonds is 2. The van der Waals surface area contributed by atoms with Crippen molar-refractivity contribution in [1.29, 1.82) is 0 Å². The molecule has 0 bridgehead atoms. The van der Waals surface area contributed by atoms with Crippen LogP contribution >= 0.6 is 0 Å². The molecule has 1 heterocycles. The first kappa shape index (κ1) is 10.2. The van der Waals surface area contributed by atoms with E-state index in [-0.39, 0.29) is 0 Å². The van der Waals surface area contributed by atoms with Crippen LogP contribution in [0.5, 0.6) is 5.75 Å². The summed E-state index contributed by atoms with van der Waals surface area (Å²) < 4.78 is 10.4. The number of hydrogen-bond acceptors (Lipinski definition) is 4. The minimum atomic E-state index is -1.81. The fourth-order valence-electron chi connectivity index (χ4n) is 1.90. The van der Waals surface area contributed by atoms with Crippen LogP contribution in [0.4, 0.5) is 0 Å². The van der Waals surface area contributed by atoms with Gasteiger partial charge in [0.2, 0.25) is 0 Å². The maximum atomic E-state index is 8.75. The third kappa shape index (κ3) is 1.75. The van der Waals surface area contributed by atoms with Gasteiger partial charge in [0.25, 0.3) is 0 Å². The molecule has 0 unspecified atom stereocenters. The fraction of sp³-hybridized carbons (Fsp3) is 0. The Morgan fingerprint density at radius 2 is 1.71 bits per heavy atom. The van der Waals surface area contributed by atoms with Crippen molar-refractivity contribution in [2.24, 2.45) is 0 Å². The number of benzene rings is 2. The zero-order valence-electron chi connectivity index (χ0n) is 8.83. The number of fused-ring (bicyclic) bond motifs is 3. The highest BCUT2D eigenvalue weighted by Crippen LogP contribution is 2.31. The van der Waals surface area contributed by atoms with E-state index in [1.54, 1.807) is 18.2 Å². The fourth-order valence-corrected chi connectivity index (χ4v) is 1.90. The van der Waals surface area contributed by atoms with Gasteiger partial charge >= 0.3 is 7.32 Å². The first-order valence-electron chi connectivity index (χ1n) is 5.18. The van der Waals surface area contributed by atoms with Crippen molar-refractivity contribution in [2.45, 2.75) is 0 Å². The molecule has 1 aromatic heterocycles. The smallest absolute Gasteiger partial charge is 0.512 e. The minimum absolute atomic E-state index is 0.388. The Labute approximate surface area is 97.2 Å². The van der Waals surface area contributed by atoms with Crippen LogP contribution in [0.15, 0.2) is 46.9 Å². The molecule has 0 aliphatic heterocycles. The number of para-hydroxylation sites is 1. The first-order chi connectivity index (χ1) is 8.24. The van der Waals surface area contributed by atoms with Crippen molar-refractivity contribution in [3.8, 4) is 5.75 Å². The Hall–Kier alpha value is -1.98. The topological polar surface area (TPSA) is 62.8 Å². The summed E-state index contributed by atoms with van der Waals surface area (Å²) in [7, 11) is -1.81. The van der Waals surface area contributed by atoms with Crippen LogP contribution in [-0.4, -0.2) is 17.4 Å². The van der Waals surface area contributed by atoms with E-state index >= 15 is 0 Å². The van der Waals surface area contributed by atoms with Gasteiger partial charge in [0.15, 0.2) is 0 Å². The zero-order chi connectivity index (χ0) is 11.8. The molecule has 3 rings (SSSR count). The predicted octanol–water partition coefficient (Wildman–Crippen LogP) is 1.93. The second-order valence-electron chi connectivity index (χ2n) is 3.70. The lowest BCUT2D eigenvalue weighted by molar-refractivity contribution is 0.288. The normalized spacial score (nSPS) is 10.9. The minimum Gasteiger partial charge on any atom is -0.512 e. The highest BCUT2D eigenvalue weighted by Gasteiger charge is 2.13. The van der Waals surface area contributed by atoms with Gasteiger partial charge in [0.05, 0.1) is 0 Å². The molecule has 17 heavy (non-hydrogen) atoms. The monoisotopic (exact) mass is 228 g/mol. The van der Waals surface area contributed by atoms with Crippen LogP contribution in [0.1, 0.15) is 0 Å². The summed E-state index contributed by atoms with van der Waals surface area (Å²) in [5.41, 5.74) is 1.54. The average molecular weight is 228 g/mol. The van der Waals surface area contributed by atoms with Crippen LogP contribution in [0.3, 0.4) is 0 Å². The van der Waals surface area contributed by atoms with Crippen LogP contribution in [0.25, 0.3) is 21.9 Å². The molecule has 0 saturated carbocycles. The Balaban J connectivity index is 2.23. The largest absolute Gasteiger partial charge is 0.707 e. The average Bonchev–Trinajstić information content (AvgIpc) is 2.66. The van der Waals surface area contributed by atoms with Crippen molar-refractivity contribution < 1.29 is 19.1 Å². The SMILES string of the molecule is OB(O)Oc1ccc2oc3ccccc3c2c1. The molecule has 0 aliphatic rings. The van der Waals surface area contributed by atoms with Crippen molar-refractivity contribution in [1.82, 2.24) is 0 Å². The van der Waals surface area contributed by atoms with Crippen molar-refractivity contribution in [2.75, 3.05) is 0 Å². The van der Waals surface area contributed by atoms with E-state index in [4.69, 9.17) is 19.1 Å². The third-order valence-corrected chi connectivity index (χ3v) is 2.59. The van der Waals surface area contributed by atoms with E-state index in [0.717, 1.165) is 21.9 Å². The molecule has 2 N–H and O–H groups in total. The molecule has 0 spiro atoms. The quantitative estimate of drug-likeness (QED) is 0.658. The highest BCUT2D eigenvalue weighted by molar-refractivity contribution is 6.33. The van der Waals surface area contributed by atoms with Gasteiger partial charge in [-0.2, -0.15) is 0 Å². The second kappa shape index (κ2) is 3.80. The van der Waals surface area contributed by atoms with Gasteiger partial charge in [0.1, 0.15) is 16.9 Å². The van der Waals surface area contributed by atoms with Gasteiger partial charge in [-0.1, -0.05) is 18.2 Å². The molecule has 0 atom stereocenters. The molecule has 0 saturated heterocycles. The predicted molar refractivity (Wildman–Crippen MR) is 64.5 cm³/mol. The third-order valence-electron chi connectivity index (χ3n) is 2.59. The Kier molecular flexibility index (Phi) is 2.28. The summed E-state index contributed by atoms with van der Waals surface area (Å²) in [6.45, 7) is 0. The Bertz CT molecular complexity index is 674.